The number of rotatable bonds is 6. The first-order valence-corrected chi connectivity index (χ1v) is 9.71. The summed E-state index contributed by atoms with van der Waals surface area (Å²) in [6.07, 6.45) is -1.57. The van der Waals surface area contributed by atoms with Crippen LogP contribution in [-0.2, 0) is 12.0 Å². The van der Waals surface area contributed by atoms with Gasteiger partial charge in [0.25, 0.3) is 0 Å². The second kappa shape index (κ2) is 9.15. The maximum absolute atomic E-state index is 12.7. The lowest BCUT2D eigenvalue weighted by atomic mass is 9.94. The fourth-order valence-corrected chi connectivity index (χ4v) is 3.32. The van der Waals surface area contributed by atoms with Gasteiger partial charge in [0.15, 0.2) is 5.96 Å². The van der Waals surface area contributed by atoms with Gasteiger partial charge in [-0.15, -0.1) is 0 Å². The first-order chi connectivity index (χ1) is 13.0. The van der Waals surface area contributed by atoms with E-state index in [0.717, 1.165) is 24.7 Å². The van der Waals surface area contributed by atoms with Gasteiger partial charge < -0.3 is 14.6 Å². The summed E-state index contributed by atoms with van der Waals surface area (Å²) < 4.78 is 43.8. The van der Waals surface area contributed by atoms with Crippen molar-refractivity contribution in [2.24, 2.45) is 10.9 Å². The lowest BCUT2D eigenvalue weighted by molar-refractivity contribution is -0.146. The predicted octanol–water partition coefficient (Wildman–Crippen LogP) is 3.25. The van der Waals surface area contributed by atoms with E-state index in [9.17, 15) is 13.2 Å². The van der Waals surface area contributed by atoms with Crippen LogP contribution >= 0.6 is 0 Å². The number of alkyl halides is 3. The Morgan fingerprint density at radius 3 is 2.64 bits per heavy atom. The number of hydrogen-bond acceptors (Lipinski definition) is 4. The number of oxazole rings is 1. The summed E-state index contributed by atoms with van der Waals surface area (Å²) in [5.74, 6) is 2.32. The topological polar surface area (TPSA) is 56.9 Å². The second-order valence-corrected chi connectivity index (χ2v) is 8.31. The first kappa shape index (κ1) is 22.5. The van der Waals surface area contributed by atoms with E-state index in [2.05, 4.69) is 41.0 Å². The minimum absolute atomic E-state index is 0.101. The lowest BCUT2D eigenvalue weighted by Crippen LogP contribution is -2.41. The monoisotopic (exact) mass is 403 g/mol. The van der Waals surface area contributed by atoms with E-state index in [0.29, 0.717) is 32.1 Å². The summed E-state index contributed by atoms with van der Waals surface area (Å²) in [5, 5.41) is 3.24. The Hall–Kier alpha value is -1.77. The van der Waals surface area contributed by atoms with E-state index in [-0.39, 0.29) is 11.3 Å². The van der Waals surface area contributed by atoms with Crippen molar-refractivity contribution < 1.29 is 17.6 Å². The molecule has 1 fully saturated rings. The van der Waals surface area contributed by atoms with Gasteiger partial charge in [-0.3, -0.25) is 9.89 Å². The van der Waals surface area contributed by atoms with Crippen LogP contribution in [0.5, 0.6) is 0 Å². The summed E-state index contributed by atoms with van der Waals surface area (Å²) in [7, 11) is 1.70. The lowest BCUT2D eigenvalue weighted by Gasteiger charge is -2.26. The Bertz CT molecular complexity index is 651. The number of aliphatic imine (C=N–C) groups is 1. The van der Waals surface area contributed by atoms with Gasteiger partial charge >= 0.3 is 6.18 Å². The highest BCUT2D eigenvalue weighted by molar-refractivity contribution is 5.80. The molecule has 0 radical (unpaired) electrons. The minimum Gasteiger partial charge on any atom is -0.443 e. The molecule has 160 valence electrons. The van der Waals surface area contributed by atoms with Crippen LogP contribution in [0.4, 0.5) is 13.2 Å². The Balaban J connectivity index is 1.86. The number of hydrogen-bond donors (Lipinski definition) is 1. The third-order valence-corrected chi connectivity index (χ3v) is 4.85. The molecular weight excluding hydrogens is 371 g/mol. The van der Waals surface area contributed by atoms with E-state index >= 15 is 0 Å². The molecule has 1 aliphatic heterocycles. The molecule has 1 atom stereocenters. The van der Waals surface area contributed by atoms with Crippen LogP contribution in [0.3, 0.4) is 0 Å². The number of aromatic nitrogens is 1. The normalized spacial score (nSPS) is 19.0. The van der Waals surface area contributed by atoms with Gasteiger partial charge in [-0.25, -0.2) is 4.98 Å². The molecule has 1 aliphatic rings. The van der Waals surface area contributed by atoms with E-state index in [1.54, 1.807) is 20.2 Å². The summed E-state index contributed by atoms with van der Waals surface area (Å²) in [6.45, 7) is 9.81. The number of nitrogens with zero attached hydrogens (tertiary/aromatic N) is 4. The van der Waals surface area contributed by atoms with Crippen molar-refractivity contribution in [1.82, 2.24) is 20.1 Å². The highest BCUT2D eigenvalue weighted by atomic mass is 19.4. The molecular formula is C19H32F3N5O. The van der Waals surface area contributed by atoms with Gasteiger partial charge in [0.05, 0.1) is 19.3 Å². The minimum atomic E-state index is -4.16. The van der Waals surface area contributed by atoms with Crippen molar-refractivity contribution in [1.29, 1.82) is 0 Å². The van der Waals surface area contributed by atoms with Gasteiger partial charge in [-0.1, -0.05) is 27.7 Å². The number of halogens is 3. The van der Waals surface area contributed by atoms with Crippen molar-refractivity contribution in [3.05, 3.63) is 17.8 Å². The molecule has 0 aromatic carbocycles. The molecule has 0 saturated carbocycles. The molecule has 1 aromatic rings. The summed E-state index contributed by atoms with van der Waals surface area (Å²) in [6, 6.07) is 0. The third-order valence-electron chi connectivity index (χ3n) is 4.85. The van der Waals surface area contributed by atoms with Gasteiger partial charge in [0.1, 0.15) is 5.76 Å². The second-order valence-electron chi connectivity index (χ2n) is 8.31. The molecule has 9 heteroatoms. The van der Waals surface area contributed by atoms with Crippen molar-refractivity contribution in [2.45, 2.75) is 52.3 Å². The molecule has 1 N–H and O–H groups in total. The summed E-state index contributed by atoms with van der Waals surface area (Å²) in [5.41, 5.74) is -0.101. The maximum Gasteiger partial charge on any atom is 0.401 e. The van der Waals surface area contributed by atoms with Gasteiger partial charge in [-0.2, -0.15) is 13.2 Å². The number of guanidine groups is 1. The molecule has 1 aromatic heterocycles. The quantitative estimate of drug-likeness (QED) is 0.584. The molecule has 1 saturated heterocycles. The zero-order valence-corrected chi connectivity index (χ0v) is 17.4. The average molecular weight is 403 g/mol. The van der Waals surface area contributed by atoms with Crippen LogP contribution in [0, 0.1) is 5.92 Å². The smallest absolute Gasteiger partial charge is 0.401 e. The Kier molecular flexibility index (Phi) is 7.36. The fourth-order valence-electron chi connectivity index (χ4n) is 3.32. The Labute approximate surface area is 165 Å². The predicted molar refractivity (Wildman–Crippen MR) is 103 cm³/mol. The van der Waals surface area contributed by atoms with Gasteiger partial charge in [0.2, 0.25) is 5.89 Å². The Morgan fingerprint density at radius 2 is 2.11 bits per heavy atom. The summed E-state index contributed by atoms with van der Waals surface area (Å²) >= 11 is 0. The van der Waals surface area contributed by atoms with E-state index in [4.69, 9.17) is 4.42 Å². The molecule has 28 heavy (non-hydrogen) atoms. The average Bonchev–Trinajstić information content (AvgIpc) is 3.23. The molecule has 1 unspecified atom stereocenters. The summed E-state index contributed by atoms with van der Waals surface area (Å²) in [4.78, 5) is 12.1. The molecule has 2 rings (SSSR count). The molecule has 0 bridgehead atoms. The zero-order chi connectivity index (χ0) is 20.9. The van der Waals surface area contributed by atoms with Crippen LogP contribution in [0.1, 0.15) is 45.8 Å². The largest absolute Gasteiger partial charge is 0.443 e. The fraction of sp³-hybridized carbons (Fsp3) is 0.789. The number of nitrogens with one attached hydrogen (secondary N) is 1. The zero-order valence-electron chi connectivity index (χ0n) is 17.4. The Morgan fingerprint density at radius 1 is 1.39 bits per heavy atom. The van der Waals surface area contributed by atoms with Gasteiger partial charge in [0, 0.05) is 32.1 Å². The molecule has 6 nitrogen and oxygen atoms in total. The van der Waals surface area contributed by atoms with E-state index in [1.165, 1.54) is 4.90 Å². The van der Waals surface area contributed by atoms with Crippen LogP contribution in [0.15, 0.2) is 15.6 Å². The standard InChI is InChI=1S/C19H32F3N5O/c1-6-26(13-19(20,21)22)11-14-7-8-27(12-14)17(23-5)25-10-16-24-9-15(28-16)18(2,3)4/h9,14H,6-8,10-13H2,1-5H3,(H,23,25). The first-order valence-electron chi connectivity index (χ1n) is 9.71. The van der Waals surface area contributed by atoms with E-state index in [1.807, 2.05) is 0 Å². The SMILES string of the molecule is CCN(CC1CCN(C(=NC)NCc2ncc(C(C)(C)C)o2)C1)CC(F)(F)F. The maximum atomic E-state index is 12.7. The number of likely N-dealkylation sites (tertiary alicyclic amines) is 1. The van der Waals surface area contributed by atoms with Crippen molar-refractivity contribution >= 4 is 5.96 Å². The molecule has 0 amide bonds. The van der Waals surface area contributed by atoms with Crippen molar-refractivity contribution in [3.8, 4) is 0 Å². The highest BCUT2D eigenvalue weighted by Gasteiger charge is 2.33. The molecule has 2 heterocycles. The van der Waals surface area contributed by atoms with Crippen molar-refractivity contribution in [3.63, 3.8) is 0 Å². The van der Waals surface area contributed by atoms with Crippen molar-refractivity contribution in [2.75, 3.05) is 39.8 Å². The third kappa shape index (κ3) is 6.68. The molecule has 0 spiro atoms. The van der Waals surface area contributed by atoms with Crippen LogP contribution in [-0.4, -0.2) is 66.7 Å². The van der Waals surface area contributed by atoms with E-state index < -0.39 is 12.7 Å². The van der Waals surface area contributed by atoms with Crippen LogP contribution < -0.4 is 5.32 Å². The van der Waals surface area contributed by atoms with Gasteiger partial charge in [-0.05, 0) is 18.9 Å². The highest BCUT2D eigenvalue weighted by Crippen LogP contribution is 2.23. The van der Waals surface area contributed by atoms with Crippen LogP contribution in [0.2, 0.25) is 0 Å². The molecule has 0 aliphatic carbocycles. The van der Waals surface area contributed by atoms with Crippen LogP contribution in [0.25, 0.3) is 0 Å².